The molecule has 0 saturated carbocycles. The second-order valence-electron chi connectivity index (χ2n) is 3.64. The quantitative estimate of drug-likeness (QED) is 0.710. The summed E-state index contributed by atoms with van der Waals surface area (Å²) in [7, 11) is 0. The van der Waals surface area contributed by atoms with Crippen molar-refractivity contribution >= 4 is 16.3 Å². The number of anilines is 1. The normalized spacial score (nSPS) is 17.5. The summed E-state index contributed by atoms with van der Waals surface area (Å²) in [5.41, 5.74) is -0.412. The summed E-state index contributed by atoms with van der Waals surface area (Å²) in [6.45, 7) is 2.61. The summed E-state index contributed by atoms with van der Waals surface area (Å²) < 4.78 is 37.1. The third-order valence-electron chi connectivity index (χ3n) is 2.49. The van der Waals surface area contributed by atoms with Crippen LogP contribution in [0.1, 0.15) is 11.4 Å². The molecule has 0 N–H and O–H groups in total. The van der Waals surface area contributed by atoms with Crippen LogP contribution in [0, 0.1) is 6.92 Å². The monoisotopic (exact) mass is 248 g/mol. The number of alkyl halides is 3. The lowest BCUT2D eigenvalue weighted by molar-refractivity contribution is -0.0943. The maximum atomic E-state index is 12.4. The van der Waals surface area contributed by atoms with Gasteiger partial charge in [-0.15, -0.1) is 11.3 Å². The zero-order valence-electron chi connectivity index (χ0n) is 8.71. The largest absolute Gasteiger partial charge is 0.412 e. The van der Waals surface area contributed by atoms with Crippen LogP contribution in [-0.2, 0) is 0 Å². The van der Waals surface area contributed by atoms with E-state index in [0.717, 1.165) is 10.0 Å². The van der Waals surface area contributed by atoms with Crippen LogP contribution in [0.4, 0.5) is 18.2 Å². The van der Waals surface area contributed by atoms with Crippen LogP contribution < -0.4 is 4.90 Å². The Kier molecular flexibility index (Phi) is 2.92. The Morgan fingerprint density at radius 1 is 1.44 bits per heavy atom. The Morgan fingerprint density at radius 2 is 2.19 bits per heavy atom. The Hall–Kier alpha value is -1.04. The number of hydrogen-bond donors (Lipinski definition) is 0. The maximum Gasteiger partial charge on any atom is 0.412 e. The van der Waals surface area contributed by atoms with Crippen molar-refractivity contribution in [2.24, 2.45) is 0 Å². The predicted octanol–water partition coefficient (Wildman–Crippen LogP) is 3.15. The highest BCUT2D eigenvalue weighted by Gasteiger charge is 2.34. The standard InChI is InChI=1S/C10H11F3N2S/c1-7-14-6-9(16-7)15-4-2-8(3-5-15)10(11,12)13/h2,6H,3-5H2,1H3. The van der Waals surface area contributed by atoms with Crippen LogP contribution in [-0.4, -0.2) is 24.2 Å². The molecular weight excluding hydrogens is 237 g/mol. The van der Waals surface area contributed by atoms with E-state index < -0.39 is 11.7 Å². The molecule has 16 heavy (non-hydrogen) atoms. The lowest BCUT2D eigenvalue weighted by atomic mass is 10.1. The number of rotatable bonds is 1. The minimum Gasteiger partial charge on any atom is -0.358 e. The number of aromatic nitrogens is 1. The van der Waals surface area contributed by atoms with Gasteiger partial charge >= 0.3 is 6.18 Å². The van der Waals surface area contributed by atoms with Gasteiger partial charge in [0, 0.05) is 18.7 Å². The predicted molar refractivity (Wildman–Crippen MR) is 57.8 cm³/mol. The number of aryl methyl sites for hydroxylation is 1. The Bertz CT molecular complexity index is 408. The molecule has 0 atom stereocenters. The van der Waals surface area contributed by atoms with Crippen LogP contribution >= 0.6 is 11.3 Å². The van der Waals surface area contributed by atoms with E-state index in [-0.39, 0.29) is 6.42 Å². The number of thiazole rings is 1. The van der Waals surface area contributed by atoms with Gasteiger partial charge in [0.05, 0.1) is 11.2 Å². The van der Waals surface area contributed by atoms with Crippen LogP contribution in [0.15, 0.2) is 17.8 Å². The molecule has 1 aliphatic rings. The molecule has 0 spiro atoms. The molecule has 0 saturated heterocycles. The van der Waals surface area contributed by atoms with Crippen molar-refractivity contribution in [3.8, 4) is 0 Å². The first-order valence-electron chi connectivity index (χ1n) is 4.90. The van der Waals surface area contributed by atoms with Crippen molar-refractivity contribution in [1.82, 2.24) is 4.98 Å². The highest BCUT2D eigenvalue weighted by Crippen LogP contribution is 2.32. The van der Waals surface area contributed by atoms with Gasteiger partial charge in [-0.25, -0.2) is 4.98 Å². The molecule has 1 aromatic heterocycles. The average molecular weight is 248 g/mol. The molecule has 0 aromatic carbocycles. The van der Waals surface area contributed by atoms with E-state index >= 15 is 0 Å². The molecule has 0 fully saturated rings. The zero-order valence-corrected chi connectivity index (χ0v) is 9.53. The van der Waals surface area contributed by atoms with Gasteiger partial charge in [-0.3, -0.25) is 0 Å². The van der Waals surface area contributed by atoms with Gasteiger partial charge in [0.1, 0.15) is 5.00 Å². The van der Waals surface area contributed by atoms with Crippen molar-refractivity contribution in [1.29, 1.82) is 0 Å². The van der Waals surface area contributed by atoms with E-state index in [4.69, 9.17) is 0 Å². The van der Waals surface area contributed by atoms with Crippen molar-refractivity contribution in [3.05, 3.63) is 22.9 Å². The lowest BCUT2D eigenvalue weighted by Gasteiger charge is -2.27. The maximum absolute atomic E-state index is 12.4. The summed E-state index contributed by atoms with van der Waals surface area (Å²) in [6, 6.07) is 0. The Balaban J connectivity index is 2.07. The molecule has 0 amide bonds. The number of hydrogen-bond acceptors (Lipinski definition) is 3. The molecule has 0 aliphatic carbocycles. The highest BCUT2D eigenvalue weighted by atomic mass is 32.1. The van der Waals surface area contributed by atoms with Gasteiger partial charge in [-0.05, 0) is 13.3 Å². The number of halogens is 3. The molecule has 0 unspecified atom stereocenters. The second kappa shape index (κ2) is 4.08. The molecule has 1 aromatic rings. The zero-order chi connectivity index (χ0) is 11.8. The van der Waals surface area contributed by atoms with E-state index in [2.05, 4.69) is 4.98 Å². The van der Waals surface area contributed by atoms with Gasteiger partial charge in [-0.2, -0.15) is 13.2 Å². The minimum atomic E-state index is -4.17. The molecule has 2 rings (SSSR count). The smallest absolute Gasteiger partial charge is 0.358 e. The Labute approximate surface area is 95.4 Å². The molecule has 0 radical (unpaired) electrons. The van der Waals surface area contributed by atoms with E-state index in [1.165, 1.54) is 17.4 Å². The highest BCUT2D eigenvalue weighted by molar-refractivity contribution is 7.15. The second-order valence-corrected chi connectivity index (χ2v) is 4.85. The first kappa shape index (κ1) is 11.4. The summed E-state index contributed by atoms with van der Waals surface area (Å²) in [6.07, 6.45) is -1.14. The van der Waals surface area contributed by atoms with Gasteiger partial charge in [0.25, 0.3) is 0 Å². The van der Waals surface area contributed by atoms with Crippen LogP contribution in [0.2, 0.25) is 0 Å². The molecule has 6 heteroatoms. The summed E-state index contributed by atoms with van der Waals surface area (Å²) in [5, 5.41) is 1.87. The van der Waals surface area contributed by atoms with E-state index in [0.29, 0.717) is 13.1 Å². The van der Waals surface area contributed by atoms with Gasteiger partial charge in [0.2, 0.25) is 0 Å². The third kappa shape index (κ3) is 2.37. The van der Waals surface area contributed by atoms with Gasteiger partial charge in [0.15, 0.2) is 0 Å². The molecular formula is C10H11F3N2S. The molecule has 2 nitrogen and oxygen atoms in total. The summed E-state index contributed by atoms with van der Waals surface area (Å²) >= 11 is 1.51. The van der Waals surface area contributed by atoms with E-state index in [9.17, 15) is 13.2 Å². The SMILES string of the molecule is Cc1ncc(N2CC=C(C(F)(F)F)CC2)s1. The van der Waals surface area contributed by atoms with Crippen molar-refractivity contribution in [3.63, 3.8) is 0 Å². The molecule has 88 valence electrons. The van der Waals surface area contributed by atoms with Gasteiger partial charge < -0.3 is 4.90 Å². The van der Waals surface area contributed by atoms with Crippen molar-refractivity contribution in [2.75, 3.05) is 18.0 Å². The lowest BCUT2D eigenvalue weighted by Crippen LogP contribution is -2.31. The minimum absolute atomic E-state index is 0.0560. The first-order valence-corrected chi connectivity index (χ1v) is 5.72. The molecule has 2 heterocycles. The molecule has 1 aliphatic heterocycles. The van der Waals surface area contributed by atoms with E-state index in [1.807, 2.05) is 11.8 Å². The van der Waals surface area contributed by atoms with E-state index in [1.54, 1.807) is 6.20 Å². The fourth-order valence-corrected chi connectivity index (χ4v) is 2.43. The number of nitrogens with zero attached hydrogens (tertiary/aromatic N) is 2. The average Bonchev–Trinajstić information content (AvgIpc) is 2.64. The third-order valence-corrected chi connectivity index (χ3v) is 3.47. The topological polar surface area (TPSA) is 16.1 Å². The van der Waals surface area contributed by atoms with Gasteiger partial charge in [-0.1, -0.05) is 6.08 Å². The van der Waals surface area contributed by atoms with Crippen LogP contribution in [0.25, 0.3) is 0 Å². The van der Waals surface area contributed by atoms with Crippen molar-refractivity contribution in [2.45, 2.75) is 19.5 Å². The fourth-order valence-electron chi connectivity index (χ4n) is 1.62. The molecule has 0 bridgehead atoms. The first-order chi connectivity index (χ1) is 7.47. The fraction of sp³-hybridized carbons (Fsp3) is 0.500. The van der Waals surface area contributed by atoms with Crippen molar-refractivity contribution < 1.29 is 13.2 Å². The van der Waals surface area contributed by atoms with Crippen LogP contribution in [0.3, 0.4) is 0 Å². The Morgan fingerprint density at radius 3 is 2.62 bits per heavy atom. The summed E-state index contributed by atoms with van der Waals surface area (Å²) in [5.74, 6) is 0. The summed E-state index contributed by atoms with van der Waals surface area (Å²) in [4.78, 5) is 6.01. The van der Waals surface area contributed by atoms with Crippen LogP contribution in [0.5, 0.6) is 0 Å².